The number of thiazole rings is 1. The third-order valence-electron chi connectivity index (χ3n) is 3.67. The zero-order valence-electron chi connectivity index (χ0n) is 12.3. The number of carbonyl (C=O) groups excluding carboxylic acids is 2. The fourth-order valence-electron chi connectivity index (χ4n) is 2.62. The fraction of sp³-hybridized carbons (Fsp3) is 0.267. The number of aromatic nitrogens is 1. The van der Waals surface area contributed by atoms with Gasteiger partial charge in [-0.25, -0.2) is 4.98 Å². The average molecular weight is 332 g/mol. The minimum absolute atomic E-state index is 0.115. The molecule has 1 saturated heterocycles. The molecule has 1 fully saturated rings. The third kappa shape index (κ3) is 3.03. The van der Waals surface area contributed by atoms with E-state index in [-0.39, 0.29) is 11.1 Å². The van der Waals surface area contributed by atoms with Crippen LogP contribution in [-0.2, 0) is 4.74 Å². The molecule has 0 unspecified atom stereocenters. The molecule has 1 aromatic carbocycles. The van der Waals surface area contributed by atoms with Gasteiger partial charge in [-0.3, -0.25) is 9.59 Å². The number of benzene rings is 1. The van der Waals surface area contributed by atoms with Crippen molar-refractivity contribution in [2.75, 3.05) is 31.2 Å². The predicted molar refractivity (Wildman–Crippen MR) is 87.6 cm³/mol. The molecule has 2 heterocycles. The van der Waals surface area contributed by atoms with Gasteiger partial charge in [-0.1, -0.05) is 0 Å². The molecule has 2 amide bonds. The van der Waals surface area contributed by atoms with Crippen molar-refractivity contribution in [1.29, 1.82) is 0 Å². The number of rotatable bonds is 4. The Labute approximate surface area is 136 Å². The molecule has 0 bridgehead atoms. The molecule has 8 heteroatoms. The van der Waals surface area contributed by atoms with Crippen molar-refractivity contribution < 1.29 is 14.3 Å². The molecular weight excluding hydrogens is 316 g/mol. The van der Waals surface area contributed by atoms with E-state index in [2.05, 4.69) is 9.88 Å². The van der Waals surface area contributed by atoms with Gasteiger partial charge in [-0.15, -0.1) is 11.3 Å². The third-order valence-corrected chi connectivity index (χ3v) is 4.48. The van der Waals surface area contributed by atoms with E-state index in [1.807, 2.05) is 6.07 Å². The van der Waals surface area contributed by atoms with Crippen LogP contribution < -0.4 is 16.4 Å². The highest BCUT2D eigenvalue weighted by molar-refractivity contribution is 7.13. The first kappa shape index (κ1) is 15.4. The van der Waals surface area contributed by atoms with Gasteiger partial charge >= 0.3 is 0 Å². The Morgan fingerprint density at radius 3 is 2.48 bits per heavy atom. The summed E-state index contributed by atoms with van der Waals surface area (Å²) < 4.78 is 5.35. The van der Waals surface area contributed by atoms with Crippen LogP contribution in [0, 0.1) is 0 Å². The van der Waals surface area contributed by atoms with Crippen molar-refractivity contribution in [2.45, 2.75) is 0 Å². The van der Waals surface area contributed by atoms with Crippen molar-refractivity contribution in [2.24, 2.45) is 11.5 Å². The Hall–Kier alpha value is -2.45. The molecule has 2 aromatic rings. The van der Waals surface area contributed by atoms with Gasteiger partial charge in [0.15, 0.2) is 0 Å². The van der Waals surface area contributed by atoms with Gasteiger partial charge in [-0.2, -0.15) is 0 Å². The molecule has 120 valence electrons. The van der Waals surface area contributed by atoms with E-state index in [9.17, 15) is 9.59 Å². The molecular formula is C15H16N4O3S. The Balaban J connectivity index is 2.20. The van der Waals surface area contributed by atoms with Crippen molar-refractivity contribution in [1.82, 2.24) is 4.98 Å². The van der Waals surface area contributed by atoms with E-state index in [4.69, 9.17) is 16.2 Å². The summed E-state index contributed by atoms with van der Waals surface area (Å²) in [4.78, 5) is 30.0. The molecule has 3 rings (SSSR count). The molecule has 7 nitrogen and oxygen atoms in total. The molecule has 0 spiro atoms. The second kappa shape index (κ2) is 6.35. The second-order valence-corrected chi connectivity index (χ2v) is 5.98. The number of morpholine rings is 1. The van der Waals surface area contributed by atoms with E-state index < -0.39 is 11.8 Å². The molecule has 1 aromatic heterocycles. The maximum atomic E-state index is 11.9. The molecule has 0 saturated carbocycles. The topological polar surface area (TPSA) is 112 Å². The number of primary amides is 2. The zero-order chi connectivity index (χ0) is 16.4. The lowest BCUT2D eigenvalue weighted by Crippen LogP contribution is -2.36. The summed E-state index contributed by atoms with van der Waals surface area (Å²) in [6, 6.07) is 3.45. The van der Waals surface area contributed by atoms with Gasteiger partial charge in [0.25, 0.3) is 0 Å². The first-order valence-electron chi connectivity index (χ1n) is 7.08. The van der Waals surface area contributed by atoms with Gasteiger partial charge in [0, 0.05) is 35.9 Å². The van der Waals surface area contributed by atoms with E-state index in [0.29, 0.717) is 36.9 Å². The van der Waals surface area contributed by atoms with Gasteiger partial charge in [0.05, 0.1) is 24.3 Å². The lowest BCUT2D eigenvalue weighted by molar-refractivity contribution is 0.0967. The molecule has 1 aliphatic rings. The number of nitrogens with zero attached hydrogens (tertiary/aromatic N) is 2. The van der Waals surface area contributed by atoms with Gasteiger partial charge in [0.2, 0.25) is 11.8 Å². The summed E-state index contributed by atoms with van der Waals surface area (Å²) in [7, 11) is 0. The monoisotopic (exact) mass is 332 g/mol. The quantitative estimate of drug-likeness (QED) is 0.862. The van der Waals surface area contributed by atoms with E-state index in [1.165, 1.54) is 11.3 Å². The van der Waals surface area contributed by atoms with Crippen molar-refractivity contribution >= 4 is 28.8 Å². The van der Waals surface area contributed by atoms with Crippen LogP contribution in [0.5, 0.6) is 0 Å². The van der Waals surface area contributed by atoms with Crippen LogP contribution >= 0.6 is 11.3 Å². The van der Waals surface area contributed by atoms with E-state index >= 15 is 0 Å². The number of ether oxygens (including phenoxy) is 1. The minimum Gasteiger partial charge on any atom is -0.378 e. The Morgan fingerprint density at radius 2 is 1.91 bits per heavy atom. The zero-order valence-corrected chi connectivity index (χ0v) is 13.1. The number of anilines is 1. The van der Waals surface area contributed by atoms with Crippen LogP contribution in [0.2, 0.25) is 0 Å². The van der Waals surface area contributed by atoms with Crippen molar-refractivity contribution in [3.05, 3.63) is 34.8 Å². The van der Waals surface area contributed by atoms with Crippen LogP contribution in [0.3, 0.4) is 0 Å². The van der Waals surface area contributed by atoms with Crippen molar-refractivity contribution in [3.8, 4) is 10.6 Å². The van der Waals surface area contributed by atoms with Crippen LogP contribution in [0.15, 0.2) is 23.7 Å². The molecule has 23 heavy (non-hydrogen) atoms. The van der Waals surface area contributed by atoms with E-state index in [1.54, 1.807) is 17.6 Å². The SMILES string of the molecule is NC(=O)c1cc(N2CCOCC2)cc(-c2nccs2)c1C(N)=O. The molecule has 4 N–H and O–H groups in total. The normalized spacial score (nSPS) is 14.7. The highest BCUT2D eigenvalue weighted by Crippen LogP contribution is 2.33. The van der Waals surface area contributed by atoms with Crippen LogP contribution in [0.1, 0.15) is 20.7 Å². The number of hydrogen-bond donors (Lipinski definition) is 2. The number of amides is 2. The van der Waals surface area contributed by atoms with Gasteiger partial charge < -0.3 is 21.1 Å². The maximum Gasteiger partial charge on any atom is 0.250 e. The molecule has 1 aliphatic heterocycles. The molecule has 0 radical (unpaired) electrons. The summed E-state index contributed by atoms with van der Waals surface area (Å²) in [5.41, 5.74) is 12.5. The minimum atomic E-state index is -0.697. The standard InChI is InChI=1S/C15H16N4O3S/c16-13(20)10-7-9(19-2-4-22-5-3-19)8-11(12(10)14(17)21)15-18-1-6-23-15/h1,6-8H,2-5H2,(H2,16,20)(H2,17,21). The number of carbonyl (C=O) groups is 2. The maximum absolute atomic E-state index is 11.9. The van der Waals surface area contributed by atoms with Gasteiger partial charge in [-0.05, 0) is 12.1 Å². The van der Waals surface area contributed by atoms with E-state index in [0.717, 1.165) is 5.69 Å². The molecule has 0 atom stereocenters. The highest BCUT2D eigenvalue weighted by Gasteiger charge is 2.23. The Bertz CT molecular complexity index is 739. The van der Waals surface area contributed by atoms with Crippen LogP contribution in [0.25, 0.3) is 10.6 Å². The summed E-state index contributed by atoms with van der Waals surface area (Å²) in [6.45, 7) is 2.61. The first-order chi connectivity index (χ1) is 11.1. The van der Waals surface area contributed by atoms with Crippen molar-refractivity contribution in [3.63, 3.8) is 0 Å². The first-order valence-corrected chi connectivity index (χ1v) is 7.96. The summed E-state index contributed by atoms with van der Waals surface area (Å²) >= 11 is 1.37. The predicted octanol–water partition coefficient (Wildman–Crippen LogP) is 0.844. The molecule has 0 aliphatic carbocycles. The Morgan fingerprint density at radius 1 is 1.17 bits per heavy atom. The highest BCUT2D eigenvalue weighted by atomic mass is 32.1. The summed E-state index contributed by atoms with van der Waals surface area (Å²) in [6.07, 6.45) is 1.64. The lowest BCUT2D eigenvalue weighted by atomic mass is 9.98. The average Bonchev–Trinajstić information content (AvgIpc) is 3.08. The largest absolute Gasteiger partial charge is 0.378 e. The van der Waals surface area contributed by atoms with Crippen LogP contribution in [-0.4, -0.2) is 43.1 Å². The van der Waals surface area contributed by atoms with Crippen LogP contribution in [0.4, 0.5) is 5.69 Å². The summed E-state index contributed by atoms with van der Waals surface area (Å²) in [5, 5.41) is 2.42. The van der Waals surface area contributed by atoms with Gasteiger partial charge in [0.1, 0.15) is 5.01 Å². The lowest BCUT2D eigenvalue weighted by Gasteiger charge is -2.29. The fourth-order valence-corrected chi connectivity index (χ4v) is 3.28. The number of nitrogens with two attached hydrogens (primary N) is 2. The Kier molecular flexibility index (Phi) is 4.26. The summed E-state index contributed by atoms with van der Waals surface area (Å²) in [5.74, 6) is -1.38. The smallest absolute Gasteiger partial charge is 0.250 e. The number of hydrogen-bond acceptors (Lipinski definition) is 6. The second-order valence-electron chi connectivity index (χ2n) is 5.08.